The van der Waals surface area contributed by atoms with Crippen molar-refractivity contribution in [1.29, 1.82) is 0 Å². The van der Waals surface area contributed by atoms with Crippen molar-refractivity contribution in [2.24, 2.45) is 16.8 Å². The molecule has 3 unspecified atom stereocenters. The van der Waals surface area contributed by atoms with Gasteiger partial charge in [0.2, 0.25) is 0 Å². The Bertz CT molecular complexity index is 337. The first-order valence-electron chi connectivity index (χ1n) is 8.41. The number of nitrogens with zero attached hydrogens (tertiary/aromatic N) is 3. The lowest BCUT2D eigenvalue weighted by molar-refractivity contribution is -0.0137. The van der Waals surface area contributed by atoms with Crippen LogP contribution in [0.25, 0.3) is 0 Å². The molecule has 0 saturated carbocycles. The SMILES string of the molecule is CCNC(=NCC1CN(C)CCO1)N1CC(C)CC(C)C1. The largest absolute Gasteiger partial charge is 0.374 e. The highest BCUT2D eigenvalue weighted by Gasteiger charge is 2.24. The van der Waals surface area contributed by atoms with Crippen LogP contribution in [0.4, 0.5) is 0 Å². The molecule has 2 aliphatic heterocycles. The molecule has 5 nitrogen and oxygen atoms in total. The van der Waals surface area contributed by atoms with E-state index < -0.39 is 0 Å². The van der Waals surface area contributed by atoms with E-state index in [1.165, 1.54) is 6.42 Å². The van der Waals surface area contributed by atoms with Crippen molar-refractivity contribution in [3.05, 3.63) is 0 Å². The van der Waals surface area contributed by atoms with E-state index in [1.54, 1.807) is 0 Å². The van der Waals surface area contributed by atoms with Gasteiger partial charge in [-0.3, -0.25) is 4.99 Å². The van der Waals surface area contributed by atoms with Gasteiger partial charge in [-0.1, -0.05) is 13.8 Å². The zero-order valence-corrected chi connectivity index (χ0v) is 14.1. The third kappa shape index (κ3) is 5.15. The van der Waals surface area contributed by atoms with Gasteiger partial charge in [0.15, 0.2) is 5.96 Å². The maximum atomic E-state index is 5.81. The van der Waals surface area contributed by atoms with E-state index in [9.17, 15) is 0 Å². The van der Waals surface area contributed by atoms with Gasteiger partial charge in [-0.15, -0.1) is 0 Å². The molecule has 2 heterocycles. The van der Waals surface area contributed by atoms with Gasteiger partial charge in [-0.05, 0) is 32.2 Å². The summed E-state index contributed by atoms with van der Waals surface area (Å²) in [7, 11) is 2.15. The lowest BCUT2D eigenvalue weighted by Crippen LogP contribution is -2.49. The molecule has 2 rings (SSSR count). The van der Waals surface area contributed by atoms with Crippen molar-refractivity contribution in [3.8, 4) is 0 Å². The predicted molar refractivity (Wildman–Crippen MR) is 87.7 cm³/mol. The maximum absolute atomic E-state index is 5.81. The molecule has 1 N–H and O–H groups in total. The van der Waals surface area contributed by atoms with Crippen LogP contribution in [0.3, 0.4) is 0 Å². The minimum absolute atomic E-state index is 0.233. The molecule has 5 heteroatoms. The topological polar surface area (TPSA) is 40.1 Å². The molecule has 21 heavy (non-hydrogen) atoms. The van der Waals surface area contributed by atoms with E-state index in [1.807, 2.05) is 0 Å². The van der Waals surface area contributed by atoms with Crippen LogP contribution in [0.15, 0.2) is 4.99 Å². The lowest BCUT2D eigenvalue weighted by Gasteiger charge is -2.37. The highest BCUT2D eigenvalue weighted by molar-refractivity contribution is 5.80. The van der Waals surface area contributed by atoms with Crippen LogP contribution in [-0.4, -0.2) is 74.8 Å². The van der Waals surface area contributed by atoms with E-state index >= 15 is 0 Å². The Kier molecular flexibility index (Phi) is 6.30. The fourth-order valence-corrected chi connectivity index (χ4v) is 3.43. The Labute approximate surface area is 129 Å². The summed E-state index contributed by atoms with van der Waals surface area (Å²) in [6.07, 6.45) is 1.56. The van der Waals surface area contributed by atoms with Gasteiger partial charge < -0.3 is 19.9 Å². The van der Waals surface area contributed by atoms with E-state index in [4.69, 9.17) is 9.73 Å². The molecule has 2 fully saturated rings. The van der Waals surface area contributed by atoms with Gasteiger partial charge in [-0.2, -0.15) is 0 Å². The smallest absolute Gasteiger partial charge is 0.194 e. The number of rotatable bonds is 3. The molecule has 3 atom stereocenters. The minimum Gasteiger partial charge on any atom is -0.374 e. The molecular weight excluding hydrogens is 264 g/mol. The Morgan fingerprint density at radius 1 is 1.24 bits per heavy atom. The summed E-state index contributed by atoms with van der Waals surface area (Å²) in [4.78, 5) is 9.59. The van der Waals surface area contributed by atoms with Gasteiger partial charge in [0, 0.05) is 32.7 Å². The molecule has 0 aromatic carbocycles. The number of nitrogens with one attached hydrogen (secondary N) is 1. The Morgan fingerprint density at radius 2 is 1.95 bits per heavy atom. The zero-order valence-electron chi connectivity index (χ0n) is 14.1. The number of hydrogen-bond acceptors (Lipinski definition) is 3. The molecule has 122 valence electrons. The fraction of sp³-hybridized carbons (Fsp3) is 0.938. The van der Waals surface area contributed by atoms with E-state index in [2.05, 4.69) is 42.9 Å². The van der Waals surface area contributed by atoms with Crippen LogP contribution < -0.4 is 5.32 Å². The normalized spacial score (nSPS) is 32.3. The Hall–Kier alpha value is -0.810. The number of morpholine rings is 1. The van der Waals surface area contributed by atoms with Crippen LogP contribution in [0, 0.1) is 11.8 Å². The highest BCUT2D eigenvalue weighted by atomic mass is 16.5. The molecule has 0 spiro atoms. The van der Waals surface area contributed by atoms with Crippen LogP contribution in [-0.2, 0) is 4.74 Å². The first kappa shape index (κ1) is 16.6. The van der Waals surface area contributed by atoms with E-state index in [0.29, 0.717) is 0 Å². The molecule has 2 aliphatic rings. The predicted octanol–water partition coefficient (Wildman–Crippen LogP) is 1.26. The van der Waals surface area contributed by atoms with Crippen molar-refractivity contribution in [2.75, 3.05) is 52.9 Å². The summed E-state index contributed by atoms with van der Waals surface area (Å²) in [5.74, 6) is 2.55. The summed E-state index contributed by atoms with van der Waals surface area (Å²) < 4.78 is 5.81. The standard InChI is InChI=1S/C16H32N4O/c1-5-17-16(20-10-13(2)8-14(3)11-20)18-9-15-12-19(4)6-7-21-15/h13-15H,5-12H2,1-4H3,(H,17,18). The van der Waals surface area contributed by atoms with Crippen molar-refractivity contribution >= 4 is 5.96 Å². The maximum Gasteiger partial charge on any atom is 0.194 e. The number of ether oxygens (including phenoxy) is 1. The third-order valence-electron chi connectivity index (χ3n) is 4.29. The van der Waals surface area contributed by atoms with Gasteiger partial charge in [0.25, 0.3) is 0 Å². The number of aliphatic imine (C=N–C) groups is 1. The summed E-state index contributed by atoms with van der Waals surface area (Å²) >= 11 is 0. The highest BCUT2D eigenvalue weighted by Crippen LogP contribution is 2.21. The van der Waals surface area contributed by atoms with Gasteiger partial charge in [0.05, 0.1) is 19.3 Å². The zero-order chi connectivity index (χ0) is 15.2. The summed E-state index contributed by atoms with van der Waals surface area (Å²) in [6.45, 7) is 13.6. The van der Waals surface area contributed by atoms with Crippen molar-refractivity contribution in [3.63, 3.8) is 0 Å². The number of hydrogen-bond donors (Lipinski definition) is 1. The Balaban J connectivity index is 1.94. The summed E-state index contributed by atoms with van der Waals surface area (Å²) in [5.41, 5.74) is 0. The quantitative estimate of drug-likeness (QED) is 0.629. The second-order valence-corrected chi connectivity index (χ2v) is 6.80. The van der Waals surface area contributed by atoms with E-state index in [0.717, 1.165) is 63.7 Å². The minimum atomic E-state index is 0.233. The second-order valence-electron chi connectivity index (χ2n) is 6.80. The molecule has 0 aliphatic carbocycles. The average molecular weight is 296 g/mol. The van der Waals surface area contributed by atoms with Crippen LogP contribution in [0.5, 0.6) is 0 Å². The number of guanidine groups is 1. The second kappa shape index (κ2) is 7.99. The number of likely N-dealkylation sites (tertiary alicyclic amines) is 1. The molecule has 0 aromatic rings. The first-order valence-corrected chi connectivity index (χ1v) is 8.41. The lowest BCUT2D eigenvalue weighted by atomic mass is 9.92. The molecule has 0 aromatic heterocycles. The average Bonchev–Trinajstić information content (AvgIpc) is 2.42. The van der Waals surface area contributed by atoms with Crippen LogP contribution >= 0.6 is 0 Å². The third-order valence-corrected chi connectivity index (χ3v) is 4.29. The van der Waals surface area contributed by atoms with Crippen molar-refractivity contribution in [1.82, 2.24) is 15.1 Å². The van der Waals surface area contributed by atoms with Gasteiger partial charge >= 0.3 is 0 Å². The van der Waals surface area contributed by atoms with Crippen molar-refractivity contribution < 1.29 is 4.74 Å². The Morgan fingerprint density at radius 3 is 2.57 bits per heavy atom. The van der Waals surface area contributed by atoms with Crippen LogP contribution in [0.1, 0.15) is 27.2 Å². The monoisotopic (exact) mass is 296 g/mol. The molecular formula is C16H32N4O. The van der Waals surface area contributed by atoms with Gasteiger partial charge in [-0.25, -0.2) is 0 Å². The molecule has 0 amide bonds. The molecule has 0 radical (unpaired) electrons. The first-order chi connectivity index (χ1) is 10.1. The molecule has 0 bridgehead atoms. The number of likely N-dealkylation sites (N-methyl/N-ethyl adjacent to an activating group) is 1. The van der Waals surface area contributed by atoms with Gasteiger partial charge in [0.1, 0.15) is 0 Å². The van der Waals surface area contributed by atoms with E-state index in [-0.39, 0.29) is 6.10 Å². The fourth-order valence-electron chi connectivity index (χ4n) is 3.43. The van der Waals surface area contributed by atoms with Crippen molar-refractivity contribution in [2.45, 2.75) is 33.3 Å². The van der Waals surface area contributed by atoms with Crippen LogP contribution in [0.2, 0.25) is 0 Å². The molecule has 2 saturated heterocycles. The summed E-state index contributed by atoms with van der Waals surface area (Å²) in [6, 6.07) is 0. The number of piperidine rings is 1. The summed E-state index contributed by atoms with van der Waals surface area (Å²) in [5, 5.41) is 3.45.